The summed E-state index contributed by atoms with van der Waals surface area (Å²) in [6, 6.07) is 0. The minimum atomic E-state index is -4.88. The second kappa shape index (κ2) is 18.6. The molecule has 0 aliphatic rings. The molecule has 0 spiro atoms. The molecule has 1 aromatic heterocycles. The first-order valence-corrected chi connectivity index (χ1v) is 19.4. The van der Waals surface area contributed by atoms with Gasteiger partial charge in [0, 0.05) is 5.88 Å². The molecule has 1 aromatic rings. The van der Waals surface area contributed by atoms with Gasteiger partial charge in [0.25, 0.3) is 0 Å². The maximum Gasteiger partial charge on any atom is 0.398 e. The minimum absolute atomic E-state index is 0.0102. The van der Waals surface area contributed by atoms with Gasteiger partial charge in [0.1, 0.15) is 0 Å². The molecule has 45 heavy (non-hydrogen) atoms. The zero-order chi connectivity index (χ0) is 34.9. The van der Waals surface area contributed by atoms with Gasteiger partial charge in [0.2, 0.25) is 16.4 Å². The molecular formula is C26H46Cl5N3O9P2. The molecular weight excluding hydrogens is 738 g/mol. The molecule has 0 fully saturated rings. The van der Waals surface area contributed by atoms with Crippen LogP contribution in [0.1, 0.15) is 68.7 Å². The summed E-state index contributed by atoms with van der Waals surface area (Å²) >= 11 is 31.2. The molecule has 0 aliphatic heterocycles. The lowest BCUT2D eigenvalue weighted by Gasteiger charge is -2.27. The van der Waals surface area contributed by atoms with Gasteiger partial charge in [-0.1, -0.05) is 0 Å². The Hall–Kier alpha value is 0.640. The largest absolute Gasteiger partial charge is 0.398 e. The molecule has 0 aromatic carbocycles. The second-order valence-electron chi connectivity index (χ2n) is 12.9. The first-order valence-electron chi connectivity index (χ1n) is 14.1. The minimum Gasteiger partial charge on any atom is -0.374 e. The van der Waals surface area contributed by atoms with Crippen molar-refractivity contribution in [2.75, 3.05) is 38.9 Å². The van der Waals surface area contributed by atoms with Crippen LogP contribution in [0.25, 0.3) is 0 Å². The number of ether oxygens (including phenoxy) is 3. The van der Waals surface area contributed by atoms with E-state index in [-0.39, 0.29) is 45.3 Å². The monoisotopic (exact) mass is 781 g/mol. The third-order valence-electron chi connectivity index (χ3n) is 5.08. The zero-order valence-electron chi connectivity index (χ0n) is 27.1. The molecule has 0 bridgehead atoms. The molecule has 19 heteroatoms. The molecule has 0 aliphatic carbocycles. The van der Waals surface area contributed by atoms with E-state index < -0.39 is 70.6 Å². The highest BCUT2D eigenvalue weighted by atomic mass is 35.5. The highest BCUT2D eigenvalue weighted by Gasteiger charge is 2.40. The highest BCUT2D eigenvalue weighted by Crippen LogP contribution is 2.48. The predicted molar refractivity (Wildman–Crippen MR) is 180 cm³/mol. The van der Waals surface area contributed by atoms with E-state index in [4.69, 9.17) is 85.8 Å². The van der Waals surface area contributed by atoms with Gasteiger partial charge >= 0.3 is 15.2 Å². The van der Waals surface area contributed by atoms with E-state index in [0.717, 1.165) is 0 Å². The molecule has 0 amide bonds. The van der Waals surface area contributed by atoms with Crippen LogP contribution in [0.2, 0.25) is 5.28 Å². The fraction of sp³-hybridized carbons (Fsp3) is 0.885. The van der Waals surface area contributed by atoms with Crippen LogP contribution in [0.15, 0.2) is 0 Å². The standard InChI is InChI=1S/C26H46Cl5N3O9P2/c1-24(2,3)38-12-17(28)14-41-45(37,42-15-18(29)13-39-25(4,5)6)23-33-21(31)32-22(34-23)44(35,36)43-20(10-11-27)19(30)16-40-26(7,8)9/h17-20H,10-16H2,1-9H3,(H,35,36). The summed E-state index contributed by atoms with van der Waals surface area (Å²) in [5, 5.41) is -2.99. The fourth-order valence-electron chi connectivity index (χ4n) is 2.94. The Balaban J connectivity index is 3.36. The summed E-state index contributed by atoms with van der Waals surface area (Å²) in [5.74, 6) is 0.0561. The molecule has 1 N–H and O–H groups in total. The van der Waals surface area contributed by atoms with Gasteiger partial charge < -0.3 is 28.2 Å². The Labute approximate surface area is 291 Å². The Morgan fingerprint density at radius 3 is 1.56 bits per heavy atom. The Morgan fingerprint density at radius 2 is 1.13 bits per heavy atom. The van der Waals surface area contributed by atoms with Crippen molar-refractivity contribution in [1.29, 1.82) is 0 Å². The summed E-state index contributed by atoms with van der Waals surface area (Å²) in [6.07, 6.45) is -0.966. The van der Waals surface area contributed by atoms with Crippen molar-refractivity contribution in [3.8, 4) is 0 Å². The molecule has 0 saturated carbocycles. The highest BCUT2D eigenvalue weighted by molar-refractivity contribution is 7.62. The number of hydrogen-bond donors (Lipinski definition) is 1. The maximum atomic E-state index is 14.1. The average Bonchev–Trinajstić information content (AvgIpc) is 2.89. The summed E-state index contributed by atoms with van der Waals surface area (Å²) in [6.45, 7) is 16.0. The Bertz CT molecular complexity index is 1120. The lowest BCUT2D eigenvalue weighted by Crippen LogP contribution is -2.35. The number of aromatic nitrogens is 3. The van der Waals surface area contributed by atoms with Gasteiger partial charge in [-0.3, -0.25) is 13.7 Å². The molecule has 5 atom stereocenters. The van der Waals surface area contributed by atoms with Gasteiger partial charge in [0.05, 0.1) is 72.1 Å². The number of alkyl halides is 4. The van der Waals surface area contributed by atoms with Crippen LogP contribution in [0, 0.1) is 0 Å². The van der Waals surface area contributed by atoms with Crippen LogP contribution >= 0.6 is 73.2 Å². The summed E-state index contributed by atoms with van der Waals surface area (Å²) in [4.78, 5) is 22.5. The number of hydrogen-bond acceptors (Lipinski definition) is 11. The first-order chi connectivity index (χ1) is 20.4. The van der Waals surface area contributed by atoms with Crippen LogP contribution in [0.5, 0.6) is 0 Å². The van der Waals surface area contributed by atoms with Gasteiger partial charge in [-0.15, -0.1) is 46.4 Å². The van der Waals surface area contributed by atoms with Crippen LogP contribution < -0.4 is 11.1 Å². The number of halogens is 5. The fourth-order valence-corrected chi connectivity index (χ4v) is 6.90. The van der Waals surface area contributed by atoms with Gasteiger partial charge in [0.15, 0.2) is 0 Å². The van der Waals surface area contributed by atoms with Crippen molar-refractivity contribution in [3.05, 3.63) is 5.28 Å². The van der Waals surface area contributed by atoms with Crippen LogP contribution in [0.4, 0.5) is 0 Å². The van der Waals surface area contributed by atoms with E-state index in [1.165, 1.54) is 0 Å². The lowest BCUT2D eigenvalue weighted by molar-refractivity contribution is -0.0144. The van der Waals surface area contributed by atoms with E-state index >= 15 is 0 Å². The smallest absolute Gasteiger partial charge is 0.374 e. The first kappa shape index (κ1) is 43.7. The Morgan fingerprint density at radius 1 is 0.711 bits per heavy atom. The van der Waals surface area contributed by atoms with Crippen molar-refractivity contribution in [2.45, 2.75) is 108 Å². The Kier molecular flexibility index (Phi) is 18.0. The summed E-state index contributed by atoms with van der Waals surface area (Å²) < 4.78 is 61.4. The van der Waals surface area contributed by atoms with Crippen molar-refractivity contribution >= 4 is 84.3 Å². The topological polar surface area (TPSA) is 148 Å². The number of nitrogens with zero attached hydrogens (tertiary/aromatic N) is 3. The molecule has 0 radical (unpaired) electrons. The SMILES string of the molecule is CC(C)(C)OCC(Cl)COP(=O)(OCC(Cl)COC(C)(C)C)c1nc(Cl)nc(P(=O)(O)OC(CCCl)C(Cl)COC(C)(C)C)n1. The normalized spacial score (nSPS) is 18.6. The van der Waals surface area contributed by atoms with Crippen molar-refractivity contribution in [1.82, 2.24) is 15.0 Å². The summed E-state index contributed by atoms with van der Waals surface area (Å²) in [7, 11) is -9.39. The third kappa shape index (κ3) is 18.3. The quantitative estimate of drug-likeness (QED) is 0.121. The van der Waals surface area contributed by atoms with E-state index in [1.54, 1.807) is 0 Å². The van der Waals surface area contributed by atoms with Gasteiger partial charge in [-0.05, 0) is 80.3 Å². The molecule has 1 rings (SSSR count). The second-order valence-corrected chi connectivity index (χ2v) is 19.0. The van der Waals surface area contributed by atoms with Crippen LogP contribution in [-0.2, 0) is 36.9 Å². The van der Waals surface area contributed by atoms with Crippen molar-refractivity contribution in [2.24, 2.45) is 0 Å². The third-order valence-corrected chi connectivity index (χ3v) is 9.31. The van der Waals surface area contributed by atoms with E-state index in [2.05, 4.69) is 15.0 Å². The summed E-state index contributed by atoms with van der Waals surface area (Å²) in [5.41, 5.74) is -2.99. The van der Waals surface area contributed by atoms with E-state index in [1.807, 2.05) is 62.3 Å². The van der Waals surface area contributed by atoms with E-state index in [9.17, 15) is 14.0 Å². The van der Waals surface area contributed by atoms with Gasteiger partial charge in [-0.2, -0.15) is 15.0 Å². The van der Waals surface area contributed by atoms with Gasteiger partial charge in [-0.25, -0.2) is 0 Å². The predicted octanol–water partition coefficient (Wildman–Crippen LogP) is 6.47. The molecule has 1 heterocycles. The maximum absolute atomic E-state index is 14.1. The van der Waals surface area contributed by atoms with Crippen LogP contribution in [-0.4, -0.2) is 97.8 Å². The van der Waals surface area contributed by atoms with Crippen molar-refractivity contribution < 1.29 is 41.8 Å². The number of rotatable bonds is 19. The molecule has 264 valence electrons. The molecule has 0 saturated heterocycles. The molecule has 12 nitrogen and oxygen atoms in total. The van der Waals surface area contributed by atoms with Crippen LogP contribution in [0.3, 0.4) is 0 Å². The average molecular weight is 784 g/mol. The van der Waals surface area contributed by atoms with Crippen molar-refractivity contribution in [3.63, 3.8) is 0 Å². The zero-order valence-corrected chi connectivity index (χ0v) is 32.7. The van der Waals surface area contributed by atoms with E-state index in [0.29, 0.717) is 0 Å². The molecule has 5 unspecified atom stereocenters. The lowest BCUT2D eigenvalue weighted by atomic mass is 10.1.